The van der Waals surface area contributed by atoms with Crippen LogP contribution in [0.4, 0.5) is 4.79 Å². The minimum absolute atomic E-state index is 0.177. The molecule has 0 aromatic heterocycles. The molecule has 4 unspecified atom stereocenters. The first kappa shape index (κ1) is 29.5. The number of nitrogens with one attached hydrogen (secondary N) is 2. The number of aryl methyl sites for hydroxylation is 1. The van der Waals surface area contributed by atoms with Crippen molar-refractivity contribution < 1.29 is 28.7 Å². The first-order valence-electron chi connectivity index (χ1n) is 12.1. The first-order valence-corrected chi connectivity index (χ1v) is 13.5. The number of thioether (sulfide) groups is 1. The smallest absolute Gasteiger partial charge is 0.408 e. The lowest BCUT2D eigenvalue weighted by molar-refractivity contribution is -0.145. The van der Waals surface area contributed by atoms with E-state index >= 15 is 0 Å². The van der Waals surface area contributed by atoms with Gasteiger partial charge in [-0.2, -0.15) is 11.8 Å². The van der Waals surface area contributed by atoms with Gasteiger partial charge in [0.2, 0.25) is 11.8 Å². The zero-order valence-corrected chi connectivity index (χ0v) is 23.1. The molecule has 0 spiro atoms. The lowest BCUT2D eigenvalue weighted by atomic mass is 10.00. The van der Waals surface area contributed by atoms with Crippen LogP contribution in [0.25, 0.3) is 0 Å². The van der Waals surface area contributed by atoms with Gasteiger partial charge in [0.1, 0.15) is 24.2 Å². The van der Waals surface area contributed by atoms with Crippen LogP contribution in [-0.4, -0.2) is 72.1 Å². The van der Waals surface area contributed by atoms with E-state index in [0.29, 0.717) is 17.7 Å². The Kier molecular flexibility index (Phi) is 10.6. The van der Waals surface area contributed by atoms with Crippen molar-refractivity contribution in [2.45, 2.75) is 71.2 Å². The minimum atomic E-state index is -0.978. The van der Waals surface area contributed by atoms with Crippen molar-refractivity contribution in [2.75, 3.05) is 25.7 Å². The predicted molar refractivity (Wildman–Crippen MR) is 140 cm³/mol. The summed E-state index contributed by atoms with van der Waals surface area (Å²) in [7, 11) is 1.24. The molecule has 36 heavy (non-hydrogen) atoms. The second kappa shape index (κ2) is 13.0. The van der Waals surface area contributed by atoms with Crippen molar-refractivity contribution in [1.82, 2.24) is 15.5 Å². The molecule has 0 bridgehead atoms. The minimum Gasteiger partial charge on any atom is -0.468 e. The van der Waals surface area contributed by atoms with Gasteiger partial charge in [-0.3, -0.25) is 14.4 Å². The van der Waals surface area contributed by atoms with Gasteiger partial charge < -0.3 is 25.0 Å². The van der Waals surface area contributed by atoms with Crippen LogP contribution >= 0.6 is 11.8 Å². The summed E-state index contributed by atoms with van der Waals surface area (Å²) in [6.07, 6.45) is 2.35. The lowest BCUT2D eigenvalue weighted by Crippen LogP contribution is -2.54. The van der Waals surface area contributed by atoms with Crippen molar-refractivity contribution in [3.8, 4) is 0 Å². The van der Waals surface area contributed by atoms with Crippen molar-refractivity contribution in [3.63, 3.8) is 0 Å². The SMILES string of the molecule is COC(=O)CNC(=O)C(c1cccc(C)c1)N(C(=O)C(CCSC)NC(=O)OC(C)(C)C)C1CC1C. The lowest BCUT2D eigenvalue weighted by Gasteiger charge is -2.35. The molecule has 0 radical (unpaired) electrons. The molecular weight excluding hydrogens is 482 g/mol. The van der Waals surface area contributed by atoms with E-state index in [-0.39, 0.29) is 24.4 Å². The fourth-order valence-corrected chi connectivity index (χ4v) is 4.37. The molecule has 0 saturated heterocycles. The fraction of sp³-hybridized carbons (Fsp3) is 0.615. The standard InChI is InChI=1S/C26H39N3O6S/c1-16-9-8-10-18(13-16)22(23(31)27-15-21(30)34-6)29(20-14-17(20)2)24(32)19(11-12-36-7)28-25(33)35-26(3,4)5/h8-10,13,17,19-20,22H,11-12,14-15H2,1-7H3,(H,27,31)(H,28,33). The molecule has 1 aromatic rings. The summed E-state index contributed by atoms with van der Waals surface area (Å²) in [6.45, 7) is 8.87. The second-order valence-electron chi connectivity index (χ2n) is 10.1. The topological polar surface area (TPSA) is 114 Å². The van der Waals surface area contributed by atoms with E-state index in [9.17, 15) is 19.2 Å². The van der Waals surface area contributed by atoms with Crippen LogP contribution < -0.4 is 10.6 Å². The van der Waals surface area contributed by atoms with E-state index in [4.69, 9.17) is 4.74 Å². The average Bonchev–Trinajstić information content (AvgIpc) is 3.52. The highest BCUT2D eigenvalue weighted by atomic mass is 32.2. The first-order chi connectivity index (χ1) is 16.9. The molecule has 3 amide bonds. The quantitative estimate of drug-likeness (QED) is 0.430. The zero-order chi connectivity index (χ0) is 27.0. The van der Waals surface area contributed by atoms with Crippen molar-refractivity contribution >= 4 is 35.6 Å². The maximum atomic E-state index is 14.1. The van der Waals surface area contributed by atoms with Gasteiger partial charge in [-0.15, -0.1) is 0 Å². The molecule has 200 valence electrons. The van der Waals surface area contributed by atoms with Crippen LogP contribution in [-0.2, 0) is 23.9 Å². The van der Waals surface area contributed by atoms with E-state index in [2.05, 4.69) is 15.4 Å². The third kappa shape index (κ3) is 8.72. The fourth-order valence-electron chi connectivity index (χ4n) is 3.90. The molecule has 0 heterocycles. The highest BCUT2D eigenvalue weighted by Gasteiger charge is 2.48. The van der Waals surface area contributed by atoms with Gasteiger partial charge in [-0.1, -0.05) is 36.8 Å². The summed E-state index contributed by atoms with van der Waals surface area (Å²) in [5.41, 5.74) is 0.839. The largest absolute Gasteiger partial charge is 0.468 e. The van der Waals surface area contributed by atoms with Crippen LogP contribution in [0.3, 0.4) is 0 Å². The third-order valence-corrected chi connectivity index (χ3v) is 6.44. The van der Waals surface area contributed by atoms with Crippen LogP contribution in [0.15, 0.2) is 24.3 Å². The number of alkyl carbamates (subject to hydrolysis) is 1. The normalized spacial score (nSPS) is 18.4. The van der Waals surface area contributed by atoms with Gasteiger partial charge in [-0.25, -0.2) is 4.79 Å². The Morgan fingerprint density at radius 3 is 2.42 bits per heavy atom. The van der Waals surface area contributed by atoms with Crippen LogP contribution in [0.2, 0.25) is 0 Å². The Bertz CT molecular complexity index is 948. The second-order valence-corrected chi connectivity index (χ2v) is 11.1. The maximum Gasteiger partial charge on any atom is 0.408 e. The van der Waals surface area contributed by atoms with Gasteiger partial charge in [-0.05, 0) is 64.0 Å². The molecule has 1 saturated carbocycles. The Hall–Kier alpha value is -2.75. The number of hydrogen-bond acceptors (Lipinski definition) is 7. The van der Waals surface area contributed by atoms with Crippen molar-refractivity contribution in [1.29, 1.82) is 0 Å². The molecule has 9 nitrogen and oxygen atoms in total. The molecule has 0 aliphatic heterocycles. The summed E-state index contributed by atoms with van der Waals surface area (Å²) in [5.74, 6) is -0.613. The number of methoxy groups -OCH3 is 1. The van der Waals surface area contributed by atoms with Crippen LogP contribution in [0.5, 0.6) is 0 Å². The highest BCUT2D eigenvalue weighted by molar-refractivity contribution is 7.98. The number of ether oxygens (including phenoxy) is 2. The maximum absolute atomic E-state index is 14.1. The summed E-state index contributed by atoms with van der Waals surface area (Å²) in [6, 6.07) is 5.35. The molecule has 10 heteroatoms. The molecule has 1 aliphatic carbocycles. The molecule has 4 atom stereocenters. The number of benzene rings is 1. The van der Waals surface area contributed by atoms with E-state index < -0.39 is 35.7 Å². The van der Waals surface area contributed by atoms with E-state index in [1.807, 2.05) is 38.3 Å². The summed E-state index contributed by atoms with van der Waals surface area (Å²) in [5, 5.41) is 5.35. The van der Waals surface area contributed by atoms with E-state index in [0.717, 1.165) is 12.0 Å². The van der Waals surface area contributed by atoms with Crippen LogP contribution in [0.1, 0.15) is 57.7 Å². The summed E-state index contributed by atoms with van der Waals surface area (Å²) < 4.78 is 10.1. The monoisotopic (exact) mass is 521 g/mol. The molecule has 1 fully saturated rings. The predicted octanol–water partition coefficient (Wildman–Crippen LogP) is 3.21. The number of carbonyl (C=O) groups excluding carboxylic acids is 4. The van der Waals surface area contributed by atoms with E-state index in [1.54, 1.807) is 43.5 Å². The number of rotatable bonds is 11. The van der Waals surface area contributed by atoms with Gasteiger partial charge in [0.25, 0.3) is 0 Å². The summed E-state index contributed by atoms with van der Waals surface area (Å²) >= 11 is 1.56. The Morgan fingerprint density at radius 1 is 1.22 bits per heavy atom. The van der Waals surface area contributed by atoms with Crippen molar-refractivity contribution in [3.05, 3.63) is 35.4 Å². The Balaban J connectivity index is 2.45. The number of esters is 1. The number of hydrogen-bond donors (Lipinski definition) is 2. The van der Waals surface area contributed by atoms with E-state index in [1.165, 1.54) is 7.11 Å². The number of nitrogens with zero attached hydrogens (tertiary/aromatic N) is 1. The zero-order valence-electron chi connectivity index (χ0n) is 22.3. The van der Waals surface area contributed by atoms with Crippen molar-refractivity contribution in [2.24, 2.45) is 5.92 Å². The van der Waals surface area contributed by atoms with Gasteiger partial charge in [0, 0.05) is 6.04 Å². The van der Waals surface area contributed by atoms with Gasteiger partial charge in [0.05, 0.1) is 7.11 Å². The average molecular weight is 522 g/mol. The molecule has 1 aromatic carbocycles. The Labute approximate surface area is 218 Å². The molecule has 2 rings (SSSR count). The highest BCUT2D eigenvalue weighted by Crippen LogP contribution is 2.41. The Morgan fingerprint density at radius 2 is 1.89 bits per heavy atom. The van der Waals surface area contributed by atoms with Gasteiger partial charge in [0.15, 0.2) is 0 Å². The van der Waals surface area contributed by atoms with Crippen LogP contribution in [0, 0.1) is 12.8 Å². The molecular formula is C26H39N3O6S. The molecule has 1 aliphatic rings. The van der Waals surface area contributed by atoms with Gasteiger partial charge >= 0.3 is 12.1 Å². The third-order valence-electron chi connectivity index (χ3n) is 5.80. The summed E-state index contributed by atoms with van der Waals surface area (Å²) in [4.78, 5) is 53.4. The number of amides is 3. The number of carbonyl (C=O) groups is 4. The molecule has 2 N–H and O–H groups in total.